The highest BCUT2D eigenvalue weighted by Crippen LogP contribution is 2.18. The Bertz CT molecular complexity index is 98.2. The maximum Gasteiger partial charge on any atom is 0.308 e. The van der Waals surface area contributed by atoms with Crippen LogP contribution in [-0.4, -0.2) is 17.4 Å². The fraction of sp³-hybridized carbons (Fsp3) is 0.800. The predicted octanol–water partition coefficient (Wildman–Crippen LogP) is -0.112. The largest absolute Gasteiger partial charge is 0.436 e. The van der Waals surface area contributed by atoms with Crippen molar-refractivity contribution in [2.45, 2.75) is 19.6 Å². The van der Waals surface area contributed by atoms with Gasteiger partial charge in [0.2, 0.25) is 6.29 Å². The van der Waals surface area contributed by atoms with E-state index in [0.717, 1.165) is 0 Å². The normalized spacial score (nSPS) is 37.5. The number of ether oxygens (including phenoxy) is 1. The molecule has 1 rings (SSSR count). The first-order valence-corrected chi connectivity index (χ1v) is 2.57. The van der Waals surface area contributed by atoms with E-state index in [0.29, 0.717) is 6.42 Å². The van der Waals surface area contributed by atoms with Crippen LogP contribution in [-0.2, 0) is 9.53 Å². The topological polar surface area (TPSA) is 46.5 Å². The van der Waals surface area contributed by atoms with E-state index in [9.17, 15) is 4.79 Å². The van der Waals surface area contributed by atoms with Crippen molar-refractivity contribution in [1.82, 2.24) is 0 Å². The van der Waals surface area contributed by atoms with E-state index in [4.69, 9.17) is 5.11 Å². The first-order chi connectivity index (χ1) is 3.70. The molecule has 1 aliphatic heterocycles. The Hall–Kier alpha value is -0.570. The summed E-state index contributed by atoms with van der Waals surface area (Å²) in [6.07, 6.45) is -0.510. The molecule has 0 radical (unpaired) electrons. The molecule has 3 heteroatoms. The summed E-state index contributed by atoms with van der Waals surface area (Å²) in [5, 5.41) is 8.73. The summed E-state index contributed by atoms with van der Waals surface area (Å²) in [5.41, 5.74) is 0. The average Bonchev–Trinajstić information content (AvgIpc) is 1.85. The monoisotopic (exact) mass is 116 g/mol. The molecule has 0 aromatic carbocycles. The van der Waals surface area contributed by atoms with Gasteiger partial charge in [-0.3, -0.25) is 4.79 Å². The van der Waals surface area contributed by atoms with Crippen LogP contribution in [0.25, 0.3) is 0 Å². The van der Waals surface area contributed by atoms with E-state index < -0.39 is 6.29 Å². The standard InChI is InChI=1S/C5H8O3/c1-3-2-4(6)8-5(3)7/h3,5,7H,2H2,1H3/t3-,5-/m0/s1. The minimum Gasteiger partial charge on any atom is -0.436 e. The van der Waals surface area contributed by atoms with Gasteiger partial charge >= 0.3 is 5.97 Å². The maximum absolute atomic E-state index is 10.3. The molecule has 1 fully saturated rings. The van der Waals surface area contributed by atoms with Crippen LogP contribution in [0.1, 0.15) is 13.3 Å². The lowest BCUT2D eigenvalue weighted by atomic mass is 10.1. The van der Waals surface area contributed by atoms with Crippen LogP contribution in [0.15, 0.2) is 0 Å². The van der Waals surface area contributed by atoms with Gasteiger partial charge in [0, 0.05) is 5.92 Å². The van der Waals surface area contributed by atoms with Gasteiger partial charge in [0.05, 0.1) is 6.42 Å². The number of aliphatic hydroxyl groups is 1. The van der Waals surface area contributed by atoms with Crippen LogP contribution in [0.4, 0.5) is 0 Å². The fourth-order valence-corrected chi connectivity index (χ4v) is 0.663. The minimum absolute atomic E-state index is 0.0255. The first-order valence-electron chi connectivity index (χ1n) is 2.57. The van der Waals surface area contributed by atoms with Crippen molar-refractivity contribution in [2.24, 2.45) is 5.92 Å². The van der Waals surface area contributed by atoms with Gasteiger partial charge in [-0.05, 0) is 0 Å². The molecule has 0 unspecified atom stereocenters. The van der Waals surface area contributed by atoms with Crippen molar-refractivity contribution < 1.29 is 14.6 Å². The predicted molar refractivity (Wildman–Crippen MR) is 25.9 cm³/mol. The van der Waals surface area contributed by atoms with Crippen molar-refractivity contribution in [3.8, 4) is 0 Å². The van der Waals surface area contributed by atoms with Gasteiger partial charge in [-0.1, -0.05) is 6.92 Å². The molecule has 0 aromatic heterocycles. The summed E-state index contributed by atoms with van der Waals surface area (Å²) in [5.74, 6) is -0.326. The van der Waals surface area contributed by atoms with E-state index in [-0.39, 0.29) is 11.9 Å². The molecule has 8 heavy (non-hydrogen) atoms. The number of esters is 1. The lowest BCUT2D eigenvalue weighted by molar-refractivity contribution is -0.155. The number of hydrogen-bond donors (Lipinski definition) is 1. The molecule has 0 saturated carbocycles. The molecule has 1 aliphatic rings. The molecule has 0 bridgehead atoms. The first kappa shape index (κ1) is 5.56. The van der Waals surface area contributed by atoms with Crippen LogP contribution >= 0.6 is 0 Å². The number of carbonyl (C=O) groups is 1. The van der Waals surface area contributed by atoms with Gasteiger partial charge in [-0.2, -0.15) is 0 Å². The Labute approximate surface area is 47.3 Å². The molecule has 0 amide bonds. The summed E-state index contributed by atoms with van der Waals surface area (Å²) in [6, 6.07) is 0. The quantitative estimate of drug-likeness (QED) is 0.449. The molecule has 2 atom stereocenters. The average molecular weight is 116 g/mol. The smallest absolute Gasteiger partial charge is 0.308 e. The van der Waals surface area contributed by atoms with E-state index in [1.54, 1.807) is 6.92 Å². The third kappa shape index (κ3) is 0.816. The van der Waals surface area contributed by atoms with Crippen molar-refractivity contribution >= 4 is 5.97 Å². The van der Waals surface area contributed by atoms with Gasteiger partial charge in [0.1, 0.15) is 0 Å². The number of rotatable bonds is 0. The zero-order valence-electron chi connectivity index (χ0n) is 4.63. The second-order valence-corrected chi connectivity index (χ2v) is 2.06. The number of carbonyl (C=O) groups excluding carboxylic acids is 1. The van der Waals surface area contributed by atoms with E-state index >= 15 is 0 Å². The summed E-state index contributed by atoms with van der Waals surface area (Å²) in [6.45, 7) is 1.77. The van der Waals surface area contributed by atoms with Crippen molar-refractivity contribution in [1.29, 1.82) is 0 Å². The van der Waals surface area contributed by atoms with E-state index in [1.807, 2.05) is 0 Å². The van der Waals surface area contributed by atoms with Crippen LogP contribution in [0, 0.1) is 5.92 Å². The van der Waals surface area contributed by atoms with Gasteiger partial charge in [0.25, 0.3) is 0 Å². The van der Waals surface area contributed by atoms with Gasteiger partial charge in [0.15, 0.2) is 0 Å². The van der Waals surface area contributed by atoms with Crippen LogP contribution in [0.3, 0.4) is 0 Å². The summed E-state index contributed by atoms with van der Waals surface area (Å²) >= 11 is 0. The Morgan fingerprint density at radius 2 is 2.50 bits per heavy atom. The molecular weight excluding hydrogens is 108 g/mol. The number of cyclic esters (lactones) is 1. The third-order valence-electron chi connectivity index (χ3n) is 1.23. The van der Waals surface area contributed by atoms with Crippen LogP contribution in [0.5, 0.6) is 0 Å². The molecule has 1 saturated heterocycles. The molecule has 1 heterocycles. The summed E-state index contributed by atoms with van der Waals surface area (Å²) in [4.78, 5) is 10.3. The van der Waals surface area contributed by atoms with Crippen molar-refractivity contribution in [3.63, 3.8) is 0 Å². The fourth-order valence-electron chi connectivity index (χ4n) is 0.663. The Morgan fingerprint density at radius 1 is 1.88 bits per heavy atom. The summed E-state index contributed by atoms with van der Waals surface area (Å²) in [7, 11) is 0. The summed E-state index contributed by atoms with van der Waals surface area (Å²) < 4.78 is 4.39. The number of aliphatic hydroxyl groups excluding tert-OH is 1. The zero-order valence-corrected chi connectivity index (χ0v) is 4.63. The van der Waals surface area contributed by atoms with Crippen molar-refractivity contribution in [2.75, 3.05) is 0 Å². The lowest BCUT2D eigenvalue weighted by Crippen LogP contribution is -2.10. The molecular formula is C5H8O3. The van der Waals surface area contributed by atoms with E-state index in [2.05, 4.69) is 4.74 Å². The SMILES string of the molecule is C[C@H]1CC(=O)O[C@@H]1O. The maximum atomic E-state index is 10.3. The van der Waals surface area contributed by atoms with Crippen molar-refractivity contribution in [3.05, 3.63) is 0 Å². The van der Waals surface area contributed by atoms with Gasteiger partial charge in [-0.15, -0.1) is 0 Å². The highest BCUT2D eigenvalue weighted by atomic mass is 16.6. The molecule has 46 valence electrons. The Morgan fingerprint density at radius 3 is 2.62 bits per heavy atom. The zero-order chi connectivity index (χ0) is 6.15. The molecule has 3 nitrogen and oxygen atoms in total. The van der Waals surface area contributed by atoms with Gasteiger partial charge in [-0.25, -0.2) is 0 Å². The van der Waals surface area contributed by atoms with E-state index in [1.165, 1.54) is 0 Å². The molecule has 0 aromatic rings. The highest BCUT2D eigenvalue weighted by Gasteiger charge is 2.28. The van der Waals surface area contributed by atoms with Crippen LogP contribution < -0.4 is 0 Å². The Balaban J connectivity index is 2.51. The number of hydrogen-bond acceptors (Lipinski definition) is 3. The van der Waals surface area contributed by atoms with Crippen LogP contribution in [0.2, 0.25) is 0 Å². The lowest BCUT2D eigenvalue weighted by Gasteiger charge is -2.02. The second-order valence-electron chi connectivity index (χ2n) is 2.06. The molecule has 0 aliphatic carbocycles. The Kier molecular flexibility index (Phi) is 1.21. The minimum atomic E-state index is -0.859. The third-order valence-corrected chi connectivity index (χ3v) is 1.23. The molecule has 1 N–H and O–H groups in total. The highest BCUT2D eigenvalue weighted by molar-refractivity contribution is 5.71. The molecule has 0 spiro atoms. The second kappa shape index (κ2) is 1.74. The van der Waals surface area contributed by atoms with Gasteiger partial charge < -0.3 is 9.84 Å².